The van der Waals surface area contributed by atoms with E-state index >= 15 is 0 Å². The van der Waals surface area contributed by atoms with Crippen LogP contribution in [-0.2, 0) is 6.54 Å². The molecule has 4 aliphatic carbocycles. The van der Waals surface area contributed by atoms with Gasteiger partial charge in [-0.25, -0.2) is 4.98 Å². The summed E-state index contributed by atoms with van der Waals surface area (Å²) in [5.74, 6) is 3.30. The number of nitriles is 1. The summed E-state index contributed by atoms with van der Waals surface area (Å²) in [6.07, 6.45) is 9.67. The van der Waals surface area contributed by atoms with Crippen molar-refractivity contribution >= 4 is 11.8 Å². The Morgan fingerprint density at radius 3 is 2.73 bits per heavy atom. The van der Waals surface area contributed by atoms with Crippen LogP contribution in [0, 0.1) is 41.4 Å². The van der Waals surface area contributed by atoms with E-state index in [1.54, 1.807) is 12.4 Å². The molecule has 7 heteroatoms. The zero-order valence-electron chi connectivity index (χ0n) is 17.4. The zero-order chi connectivity index (χ0) is 20.7. The van der Waals surface area contributed by atoms with Crippen molar-refractivity contribution in [3.63, 3.8) is 0 Å². The summed E-state index contributed by atoms with van der Waals surface area (Å²) in [4.78, 5) is 13.3. The van der Waals surface area contributed by atoms with Crippen molar-refractivity contribution in [2.24, 2.45) is 28.9 Å². The highest BCUT2D eigenvalue weighted by atomic mass is 15.1. The van der Waals surface area contributed by atoms with Crippen LogP contribution in [0.1, 0.15) is 48.9 Å². The molecule has 4 fully saturated rings. The van der Waals surface area contributed by atoms with Crippen molar-refractivity contribution in [3.05, 3.63) is 41.3 Å². The third-order valence-corrected chi connectivity index (χ3v) is 7.57. The van der Waals surface area contributed by atoms with Crippen LogP contribution in [0.25, 0.3) is 0 Å². The number of nitrogens with one attached hydrogen (secondary N) is 2. The van der Waals surface area contributed by atoms with Crippen molar-refractivity contribution in [3.8, 4) is 6.07 Å². The standard InChI is InChI=1S/C23H29N7/c1-14-16(3-2-4-26-14)11-27-22-28-12-19(10-24)21(30-22)29-13-23-7-15-5-17(8-23)20(25)18(6-15)9-23/h2-4,12,15,17-18,20H,5-9,11,13,25H2,1H3,(H2,27,28,29,30)/t15?,17-,18+,20-,23-. The van der Waals surface area contributed by atoms with Crippen LogP contribution < -0.4 is 16.4 Å². The molecule has 0 aromatic carbocycles. The second kappa shape index (κ2) is 7.51. The Kier molecular flexibility index (Phi) is 4.82. The second-order valence-electron chi connectivity index (χ2n) is 9.57. The Bertz CT molecular complexity index is 966. The molecule has 4 saturated carbocycles. The molecule has 7 nitrogen and oxygen atoms in total. The first-order valence-corrected chi connectivity index (χ1v) is 11.0. The quantitative estimate of drug-likeness (QED) is 0.679. The Hall–Kier alpha value is -2.72. The summed E-state index contributed by atoms with van der Waals surface area (Å²) in [6.45, 7) is 3.44. The van der Waals surface area contributed by atoms with Crippen LogP contribution in [0.2, 0.25) is 0 Å². The van der Waals surface area contributed by atoms with Gasteiger partial charge in [0, 0.05) is 31.0 Å². The smallest absolute Gasteiger partial charge is 0.224 e. The monoisotopic (exact) mass is 403 g/mol. The van der Waals surface area contributed by atoms with Crippen molar-refractivity contribution in [2.75, 3.05) is 17.2 Å². The molecule has 0 radical (unpaired) electrons. The largest absolute Gasteiger partial charge is 0.368 e. The normalized spacial score (nSPS) is 31.4. The minimum absolute atomic E-state index is 0.296. The van der Waals surface area contributed by atoms with E-state index in [0.29, 0.717) is 47.2 Å². The lowest BCUT2D eigenvalue weighted by Gasteiger charge is -2.59. The SMILES string of the molecule is Cc1ncccc1CNc1ncc(C#N)c(NC[C@]23CC4C[C@H](C2)[C@@H](N)[C@@H](C4)C3)n1. The maximum Gasteiger partial charge on any atom is 0.224 e. The lowest BCUT2D eigenvalue weighted by molar-refractivity contribution is -0.0591. The molecule has 5 atom stereocenters. The minimum atomic E-state index is 0.296. The molecule has 2 aromatic rings. The number of nitrogens with zero attached hydrogens (tertiary/aromatic N) is 4. The van der Waals surface area contributed by atoms with Crippen LogP contribution in [-0.4, -0.2) is 27.5 Å². The molecule has 156 valence electrons. The summed E-state index contributed by atoms with van der Waals surface area (Å²) < 4.78 is 0. The van der Waals surface area contributed by atoms with E-state index in [1.165, 1.54) is 32.1 Å². The van der Waals surface area contributed by atoms with Crippen molar-refractivity contribution in [2.45, 2.75) is 51.6 Å². The molecule has 0 aliphatic heterocycles. The van der Waals surface area contributed by atoms with Crippen molar-refractivity contribution in [1.82, 2.24) is 15.0 Å². The summed E-state index contributed by atoms with van der Waals surface area (Å²) in [6, 6.07) is 6.57. The molecule has 1 unspecified atom stereocenters. The number of nitrogens with two attached hydrogens (primary N) is 1. The van der Waals surface area contributed by atoms with Crippen LogP contribution in [0.3, 0.4) is 0 Å². The van der Waals surface area contributed by atoms with Gasteiger partial charge in [-0.1, -0.05) is 6.07 Å². The third kappa shape index (κ3) is 3.50. The van der Waals surface area contributed by atoms with Crippen molar-refractivity contribution in [1.29, 1.82) is 5.26 Å². The molecule has 2 aromatic heterocycles. The lowest BCUT2D eigenvalue weighted by Crippen LogP contribution is -2.58. The van der Waals surface area contributed by atoms with Gasteiger partial charge in [-0.05, 0) is 73.8 Å². The van der Waals surface area contributed by atoms with E-state index in [4.69, 9.17) is 5.73 Å². The van der Waals surface area contributed by atoms with E-state index in [2.05, 4.69) is 31.7 Å². The molecular formula is C23H29N7. The fraction of sp³-hybridized carbons (Fsp3) is 0.565. The predicted molar refractivity (Wildman–Crippen MR) is 116 cm³/mol. The van der Waals surface area contributed by atoms with E-state index in [1.807, 2.05) is 19.1 Å². The molecule has 4 N–H and O–H groups in total. The molecule has 0 amide bonds. The molecule has 2 heterocycles. The van der Waals surface area contributed by atoms with Gasteiger partial charge >= 0.3 is 0 Å². The zero-order valence-corrected chi connectivity index (χ0v) is 17.4. The number of aryl methyl sites for hydroxylation is 1. The van der Waals surface area contributed by atoms with E-state index in [-0.39, 0.29) is 0 Å². The van der Waals surface area contributed by atoms with Crippen molar-refractivity contribution < 1.29 is 0 Å². The van der Waals surface area contributed by atoms with Gasteiger partial charge in [0.2, 0.25) is 5.95 Å². The van der Waals surface area contributed by atoms with Gasteiger partial charge in [-0.2, -0.15) is 10.2 Å². The van der Waals surface area contributed by atoms with Gasteiger partial charge in [0.05, 0.1) is 6.20 Å². The average molecular weight is 404 g/mol. The van der Waals surface area contributed by atoms with Crippen LogP contribution in [0.4, 0.5) is 11.8 Å². The summed E-state index contributed by atoms with van der Waals surface area (Å²) in [5.41, 5.74) is 9.36. The number of hydrogen-bond acceptors (Lipinski definition) is 7. The fourth-order valence-corrected chi connectivity index (χ4v) is 6.28. The van der Waals surface area contributed by atoms with Gasteiger partial charge < -0.3 is 16.4 Å². The topological polar surface area (TPSA) is 113 Å². The predicted octanol–water partition coefficient (Wildman–Crippen LogP) is 3.23. The number of rotatable bonds is 6. The summed E-state index contributed by atoms with van der Waals surface area (Å²) >= 11 is 0. The van der Waals surface area contributed by atoms with E-state index in [0.717, 1.165) is 23.7 Å². The van der Waals surface area contributed by atoms with E-state index in [9.17, 15) is 5.26 Å². The van der Waals surface area contributed by atoms with Gasteiger partial charge in [-0.3, -0.25) is 4.98 Å². The van der Waals surface area contributed by atoms with Gasteiger partial charge in [-0.15, -0.1) is 0 Å². The average Bonchev–Trinajstić information content (AvgIpc) is 2.75. The summed E-state index contributed by atoms with van der Waals surface area (Å²) in [7, 11) is 0. The second-order valence-corrected chi connectivity index (χ2v) is 9.57. The lowest BCUT2D eigenvalue weighted by atomic mass is 9.48. The van der Waals surface area contributed by atoms with Gasteiger partial charge in [0.1, 0.15) is 17.5 Å². The van der Waals surface area contributed by atoms with Crippen LogP contribution in [0.15, 0.2) is 24.5 Å². The first kappa shape index (κ1) is 19.3. The van der Waals surface area contributed by atoms with Gasteiger partial charge in [0.15, 0.2) is 0 Å². The Balaban J connectivity index is 1.29. The first-order valence-electron chi connectivity index (χ1n) is 11.0. The number of anilines is 2. The first-order chi connectivity index (χ1) is 14.5. The Morgan fingerprint density at radius 1 is 1.20 bits per heavy atom. The Morgan fingerprint density at radius 2 is 2.00 bits per heavy atom. The molecule has 0 saturated heterocycles. The molecule has 30 heavy (non-hydrogen) atoms. The number of aromatic nitrogens is 3. The van der Waals surface area contributed by atoms with Crippen LogP contribution >= 0.6 is 0 Å². The summed E-state index contributed by atoms with van der Waals surface area (Å²) in [5, 5.41) is 16.3. The maximum absolute atomic E-state index is 9.53. The highest BCUT2D eigenvalue weighted by Crippen LogP contribution is 2.59. The highest BCUT2D eigenvalue weighted by Gasteiger charge is 2.54. The Labute approximate surface area is 177 Å². The third-order valence-electron chi connectivity index (χ3n) is 7.57. The highest BCUT2D eigenvalue weighted by molar-refractivity contribution is 5.53. The molecule has 4 aliphatic rings. The maximum atomic E-state index is 9.53. The minimum Gasteiger partial charge on any atom is -0.368 e. The molecule has 0 spiro atoms. The molecular weight excluding hydrogens is 374 g/mol. The number of hydrogen-bond donors (Lipinski definition) is 3. The molecule has 4 bridgehead atoms. The van der Waals surface area contributed by atoms with Crippen LogP contribution in [0.5, 0.6) is 0 Å². The van der Waals surface area contributed by atoms with E-state index < -0.39 is 0 Å². The molecule has 6 rings (SSSR count). The number of pyridine rings is 1. The fourth-order valence-electron chi connectivity index (χ4n) is 6.28. The van der Waals surface area contributed by atoms with Gasteiger partial charge in [0.25, 0.3) is 0 Å².